The van der Waals surface area contributed by atoms with Crippen LogP contribution in [0.2, 0.25) is 30.1 Å². The van der Waals surface area contributed by atoms with Gasteiger partial charge in [-0.1, -0.05) is 99.1 Å². The molecule has 2 atom stereocenters. The number of nitrogens with zero attached hydrogens (tertiary/aromatic N) is 13. The SMILES string of the molecule is CO.N.N=N/N=N/N=N/N.NC(=O)c1cn(CCN2CCN(c3ccc(Cl)cc3Cl)[C@H](c3ccc(Cl)cc3)C2)cn1.O=C(F)c1cn(CCN2CCN(c3ccc(Cl)cc3Cl)[C@H](c3ccc(Cl)cc3)C2)cn1. The van der Waals surface area contributed by atoms with Crippen LogP contribution in [0, 0.1) is 5.53 Å². The van der Waals surface area contributed by atoms with Gasteiger partial charge in [0.05, 0.1) is 46.2 Å². The van der Waals surface area contributed by atoms with Crippen LogP contribution < -0.4 is 27.5 Å². The van der Waals surface area contributed by atoms with Crippen molar-refractivity contribution in [1.82, 2.24) is 35.1 Å². The first kappa shape index (κ1) is 58.7. The maximum absolute atomic E-state index is 12.8. The number of nitrogens with two attached hydrogens (primary N) is 2. The van der Waals surface area contributed by atoms with E-state index in [2.05, 4.69) is 73.7 Å². The van der Waals surface area contributed by atoms with Crippen LogP contribution >= 0.6 is 69.6 Å². The summed E-state index contributed by atoms with van der Waals surface area (Å²) in [5, 5.41) is 24.4. The lowest BCUT2D eigenvalue weighted by molar-refractivity contribution is 0.0830. The third-order valence-electron chi connectivity index (χ3n) is 11.1. The van der Waals surface area contributed by atoms with Crippen molar-refractivity contribution in [2.24, 2.45) is 37.7 Å². The molecular formula is C45H52Cl6FN17O3. The highest BCUT2D eigenvalue weighted by atomic mass is 35.5. The van der Waals surface area contributed by atoms with Gasteiger partial charge in [-0.05, 0) is 92.7 Å². The molecule has 2 saturated heterocycles. The minimum absolute atomic E-state index is 0. The smallest absolute Gasteiger partial charge is 0.351 e. The molecule has 72 heavy (non-hydrogen) atoms. The molecule has 2 aliphatic heterocycles. The monoisotopic (exact) mass is 1110 g/mol. The van der Waals surface area contributed by atoms with Crippen LogP contribution in [0.25, 0.3) is 0 Å². The number of aromatic nitrogens is 4. The second kappa shape index (κ2) is 29.6. The summed E-state index contributed by atoms with van der Waals surface area (Å²) in [7, 11) is 1.00. The van der Waals surface area contributed by atoms with Gasteiger partial charge in [0.2, 0.25) is 0 Å². The fourth-order valence-electron chi connectivity index (χ4n) is 7.80. The Morgan fingerprint density at radius 1 is 0.639 bits per heavy atom. The molecule has 4 aromatic carbocycles. The van der Waals surface area contributed by atoms with Gasteiger partial charge in [0.15, 0.2) is 5.69 Å². The van der Waals surface area contributed by atoms with E-state index in [0.717, 1.165) is 83.0 Å². The molecule has 0 spiro atoms. The van der Waals surface area contributed by atoms with Crippen LogP contribution in [0.5, 0.6) is 0 Å². The minimum Gasteiger partial charge on any atom is -0.400 e. The number of carbonyl (C=O) groups excluding carboxylic acids is 2. The van der Waals surface area contributed by atoms with Crippen LogP contribution in [0.1, 0.15) is 44.2 Å². The predicted octanol–water partition coefficient (Wildman–Crippen LogP) is 10.4. The molecule has 0 aliphatic carbocycles. The molecule has 384 valence electrons. The number of anilines is 2. The molecule has 8 rings (SSSR count). The molecular weight excluding hydrogens is 1060 g/mol. The van der Waals surface area contributed by atoms with E-state index >= 15 is 0 Å². The van der Waals surface area contributed by atoms with E-state index in [4.69, 9.17) is 86.0 Å². The molecule has 1 amide bonds. The first-order valence-electron chi connectivity index (χ1n) is 21.5. The highest BCUT2D eigenvalue weighted by molar-refractivity contribution is 6.37. The van der Waals surface area contributed by atoms with Gasteiger partial charge in [0.25, 0.3) is 5.91 Å². The molecule has 0 radical (unpaired) electrons. The van der Waals surface area contributed by atoms with Gasteiger partial charge in [-0.15, -0.1) is 0 Å². The molecule has 27 heteroatoms. The molecule has 0 unspecified atom stereocenters. The number of amides is 1. The summed E-state index contributed by atoms with van der Waals surface area (Å²) in [6.07, 6.45) is 6.24. The van der Waals surface area contributed by atoms with Gasteiger partial charge in [0.1, 0.15) is 5.69 Å². The molecule has 6 aromatic rings. The number of aliphatic hydroxyl groups excluding tert-OH is 1. The number of benzene rings is 4. The van der Waals surface area contributed by atoms with Crippen LogP contribution in [0.4, 0.5) is 15.8 Å². The van der Waals surface area contributed by atoms with Crippen LogP contribution in [-0.2, 0) is 13.1 Å². The zero-order chi connectivity index (χ0) is 51.5. The Morgan fingerprint density at radius 3 is 1.42 bits per heavy atom. The normalized spacial score (nSPS) is 15.9. The lowest BCUT2D eigenvalue weighted by atomic mass is 10.0. The number of imidazole rings is 2. The third kappa shape index (κ3) is 17.1. The first-order chi connectivity index (χ1) is 34.2. The Morgan fingerprint density at radius 2 is 1.06 bits per heavy atom. The summed E-state index contributed by atoms with van der Waals surface area (Å²) in [5.41, 5.74) is 15.6. The minimum atomic E-state index is -1.52. The van der Waals surface area contributed by atoms with E-state index in [1.165, 1.54) is 18.1 Å². The maximum atomic E-state index is 12.8. The summed E-state index contributed by atoms with van der Waals surface area (Å²) in [5.74, 6) is 3.95. The fraction of sp³-hybridized carbons (Fsp3) is 0.289. The summed E-state index contributed by atoms with van der Waals surface area (Å²) in [4.78, 5) is 39.3. The number of rotatable bonds is 14. The van der Waals surface area contributed by atoms with Crippen LogP contribution in [-0.4, -0.2) is 105 Å². The zero-order valence-corrected chi connectivity index (χ0v) is 43.2. The van der Waals surface area contributed by atoms with Gasteiger partial charge in [-0.3, -0.25) is 19.4 Å². The molecule has 4 heterocycles. The Hall–Kier alpha value is -5.85. The summed E-state index contributed by atoms with van der Waals surface area (Å²) in [6.45, 7) is 7.75. The van der Waals surface area contributed by atoms with Crippen LogP contribution in [0.15, 0.2) is 136 Å². The molecule has 0 saturated carbocycles. The number of primary amides is 1. The van der Waals surface area contributed by atoms with Crippen molar-refractivity contribution in [2.45, 2.75) is 25.2 Å². The number of piperazine rings is 2. The number of halogens is 7. The highest BCUT2D eigenvalue weighted by Crippen LogP contribution is 2.38. The Labute approximate surface area is 444 Å². The molecule has 9 N–H and O–H groups in total. The van der Waals surface area contributed by atoms with E-state index in [9.17, 15) is 14.0 Å². The second-order valence-corrected chi connectivity index (χ2v) is 18.0. The van der Waals surface area contributed by atoms with E-state index < -0.39 is 11.9 Å². The molecule has 0 bridgehead atoms. The van der Waals surface area contributed by atoms with Crippen molar-refractivity contribution < 1.29 is 19.1 Å². The van der Waals surface area contributed by atoms with Crippen molar-refractivity contribution >= 4 is 92.9 Å². The van der Waals surface area contributed by atoms with E-state index in [-0.39, 0.29) is 29.6 Å². The van der Waals surface area contributed by atoms with Gasteiger partial charge >= 0.3 is 6.04 Å². The fourth-order valence-corrected chi connectivity index (χ4v) is 9.08. The number of nitrogens with one attached hydrogen (secondary N) is 1. The molecule has 20 nitrogen and oxygen atoms in total. The molecule has 2 aliphatic rings. The predicted molar refractivity (Wildman–Crippen MR) is 280 cm³/mol. The van der Waals surface area contributed by atoms with Crippen molar-refractivity contribution in [1.29, 1.82) is 5.53 Å². The first-order valence-corrected chi connectivity index (χ1v) is 23.7. The number of hydrogen-bond acceptors (Lipinski definition) is 12. The average molecular weight is 1110 g/mol. The van der Waals surface area contributed by atoms with Crippen molar-refractivity contribution in [3.8, 4) is 0 Å². The largest absolute Gasteiger partial charge is 0.400 e. The average Bonchev–Trinajstić information content (AvgIpc) is 4.06. The summed E-state index contributed by atoms with van der Waals surface area (Å²) in [6, 6.07) is 25.6. The molecule has 2 aromatic heterocycles. The van der Waals surface area contributed by atoms with Crippen molar-refractivity contribution in [3.63, 3.8) is 0 Å². The van der Waals surface area contributed by atoms with Gasteiger partial charge in [-0.2, -0.15) is 9.92 Å². The van der Waals surface area contributed by atoms with Gasteiger partial charge < -0.3 is 41.8 Å². The number of hydrogen-bond donors (Lipinski definition) is 5. The van der Waals surface area contributed by atoms with E-state index in [1.54, 1.807) is 29.2 Å². The number of aliphatic hydroxyl groups is 1. The standard InChI is InChI=1S/C22H20Cl3FN4O.C22H22Cl3N5O.CH4O.H3N7.H3N/c2*23-16-3-1-15(2-4-16)21-13-28(7-8-29-12-19(22(26)31)27-14-29)9-10-30(21)20-6-5-17(24)11-18(20)25;1-2;1-3-5-7-6-4-2;/h1-6,11-12,14,21H,7-10,13H2;1-6,11-12,14,21H,7-10,13H2,(H2,26,31);2H,1H3;(H3,1,2,5,6);1H3/t2*21-;;;/m00.../s1. The Bertz CT molecular complexity index is 2560. The summed E-state index contributed by atoms with van der Waals surface area (Å²) >= 11 is 37.5. The van der Waals surface area contributed by atoms with Gasteiger partial charge in [-0.25, -0.2) is 9.97 Å². The zero-order valence-electron chi connectivity index (χ0n) is 38.7. The van der Waals surface area contributed by atoms with Crippen molar-refractivity contribution in [2.75, 3.05) is 69.3 Å². The lowest BCUT2D eigenvalue weighted by Crippen LogP contribution is -2.49. The quantitative estimate of drug-likeness (QED) is 0.0296. The topological polar surface area (TPSA) is 276 Å². The van der Waals surface area contributed by atoms with Crippen molar-refractivity contribution in [3.05, 3.63) is 163 Å². The third-order valence-corrected chi connectivity index (χ3v) is 12.7. The Kier molecular flexibility index (Phi) is 24.2. The number of carbonyl (C=O) groups is 2. The lowest BCUT2D eigenvalue weighted by Gasteiger charge is -2.43. The van der Waals surface area contributed by atoms with Gasteiger partial charge in [0, 0.05) is 105 Å². The highest BCUT2D eigenvalue weighted by Gasteiger charge is 2.31. The summed E-state index contributed by atoms with van der Waals surface area (Å²) < 4.78 is 16.4. The van der Waals surface area contributed by atoms with E-state index in [1.807, 2.05) is 65.2 Å². The Balaban J connectivity index is 0.000000265. The molecule has 2 fully saturated rings. The van der Waals surface area contributed by atoms with E-state index in [0.29, 0.717) is 36.7 Å². The van der Waals surface area contributed by atoms with Crippen LogP contribution in [0.3, 0.4) is 0 Å². The maximum Gasteiger partial charge on any atom is 0.351 e. The second-order valence-electron chi connectivity index (χ2n) is 15.4.